The first-order valence-corrected chi connectivity index (χ1v) is 8.42. The lowest BCUT2D eigenvalue weighted by Crippen LogP contribution is -2.34. The van der Waals surface area contributed by atoms with Gasteiger partial charge in [0.15, 0.2) is 11.4 Å². The number of hydrogen-bond acceptors (Lipinski definition) is 5. The molecule has 0 aliphatic carbocycles. The van der Waals surface area contributed by atoms with Crippen molar-refractivity contribution < 1.29 is 19.5 Å². The molecule has 1 aromatic carbocycles. The molecule has 4 rings (SSSR count). The Kier molecular flexibility index (Phi) is 4.08. The van der Waals surface area contributed by atoms with Gasteiger partial charge in [-0.1, -0.05) is 12.1 Å². The lowest BCUT2D eigenvalue weighted by Gasteiger charge is -2.13. The Bertz CT molecular complexity index is 1040. The van der Waals surface area contributed by atoms with Crippen LogP contribution in [0.5, 0.6) is 5.75 Å². The van der Waals surface area contributed by atoms with Crippen LogP contribution in [0.25, 0.3) is 5.65 Å². The third kappa shape index (κ3) is 3.01. The van der Waals surface area contributed by atoms with Gasteiger partial charge in [-0.3, -0.25) is 19.3 Å². The van der Waals surface area contributed by atoms with Crippen LogP contribution in [-0.4, -0.2) is 43.7 Å². The van der Waals surface area contributed by atoms with Crippen molar-refractivity contribution in [3.63, 3.8) is 0 Å². The average Bonchev–Trinajstić information content (AvgIpc) is 3.20. The number of benzene rings is 1. The number of nitrogens with one attached hydrogen (secondary N) is 1. The summed E-state index contributed by atoms with van der Waals surface area (Å²) in [6.07, 6.45) is 3.46. The van der Waals surface area contributed by atoms with Crippen molar-refractivity contribution >= 4 is 23.4 Å². The predicted octanol–water partition coefficient (Wildman–Crippen LogP) is 1.34. The summed E-state index contributed by atoms with van der Waals surface area (Å²) in [6.45, 7) is 0.201. The molecule has 3 heterocycles. The molecular weight excluding hydrogens is 348 g/mol. The molecule has 0 spiro atoms. The molecule has 136 valence electrons. The van der Waals surface area contributed by atoms with Crippen LogP contribution in [0.15, 0.2) is 48.8 Å². The number of carbonyl (C=O) groups is 3. The van der Waals surface area contributed by atoms with E-state index in [9.17, 15) is 19.5 Å². The molecule has 27 heavy (non-hydrogen) atoms. The number of pyridine rings is 1. The van der Waals surface area contributed by atoms with E-state index in [-0.39, 0.29) is 43.0 Å². The molecule has 2 aromatic heterocycles. The van der Waals surface area contributed by atoms with E-state index in [0.717, 1.165) is 4.90 Å². The maximum Gasteiger partial charge on any atom is 0.261 e. The third-order valence-electron chi connectivity index (χ3n) is 4.42. The summed E-state index contributed by atoms with van der Waals surface area (Å²) < 4.78 is 1.66. The average molecular weight is 364 g/mol. The summed E-state index contributed by atoms with van der Waals surface area (Å²) in [7, 11) is 0. The van der Waals surface area contributed by atoms with Crippen molar-refractivity contribution in [2.45, 2.75) is 13.0 Å². The minimum absolute atomic E-state index is 0.00406. The van der Waals surface area contributed by atoms with Gasteiger partial charge in [-0.2, -0.15) is 0 Å². The zero-order chi connectivity index (χ0) is 19.0. The van der Waals surface area contributed by atoms with Crippen molar-refractivity contribution in [1.29, 1.82) is 0 Å². The first-order chi connectivity index (χ1) is 13.0. The molecule has 8 nitrogen and oxygen atoms in total. The molecule has 0 fully saturated rings. The second kappa shape index (κ2) is 6.56. The van der Waals surface area contributed by atoms with Crippen LogP contribution in [0.4, 0.5) is 0 Å². The number of imidazole rings is 1. The first kappa shape index (κ1) is 16.8. The molecule has 0 atom stereocenters. The summed E-state index contributed by atoms with van der Waals surface area (Å²) in [5.41, 5.74) is 1.73. The molecule has 1 aliphatic heterocycles. The van der Waals surface area contributed by atoms with Crippen LogP contribution in [0.2, 0.25) is 0 Å². The highest BCUT2D eigenvalue weighted by molar-refractivity contribution is 6.21. The summed E-state index contributed by atoms with van der Waals surface area (Å²) in [4.78, 5) is 42.0. The number of nitrogens with zero attached hydrogens (tertiary/aromatic N) is 3. The Labute approximate surface area is 154 Å². The molecule has 3 amide bonds. The van der Waals surface area contributed by atoms with E-state index in [0.29, 0.717) is 22.5 Å². The number of fused-ring (bicyclic) bond motifs is 2. The molecular formula is C19H16N4O4. The van der Waals surface area contributed by atoms with Gasteiger partial charge in [0.25, 0.3) is 11.8 Å². The molecule has 8 heteroatoms. The molecule has 3 aromatic rings. The van der Waals surface area contributed by atoms with Crippen molar-refractivity contribution in [1.82, 2.24) is 19.6 Å². The Morgan fingerprint density at radius 1 is 1.07 bits per heavy atom. The first-order valence-electron chi connectivity index (χ1n) is 8.42. The SMILES string of the molecule is O=C(CCN1C(=O)c2ccccc2C1=O)NCc1cn2cccc(O)c2n1. The van der Waals surface area contributed by atoms with E-state index in [2.05, 4.69) is 10.3 Å². The lowest BCUT2D eigenvalue weighted by atomic mass is 10.1. The summed E-state index contributed by atoms with van der Waals surface area (Å²) in [5.74, 6) is -0.994. The highest BCUT2D eigenvalue weighted by atomic mass is 16.3. The van der Waals surface area contributed by atoms with Crippen LogP contribution >= 0.6 is 0 Å². The van der Waals surface area contributed by atoms with Gasteiger partial charge in [0.05, 0.1) is 23.4 Å². The van der Waals surface area contributed by atoms with Crippen LogP contribution < -0.4 is 5.32 Å². The summed E-state index contributed by atoms with van der Waals surface area (Å²) >= 11 is 0. The van der Waals surface area contributed by atoms with Crippen LogP contribution in [0.3, 0.4) is 0 Å². The van der Waals surface area contributed by atoms with Crippen molar-refractivity contribution in [2.75, 3.05) is 6.54 Å². The zero-order valence-corrected chi connectivity index (χ0v) is 14.3. The Hall–Kier alpha value is -3.68. The highest BCUT2D eigenvalue weighted by Gasteiger charge is 2.34. The predicted molar refractivity (Wildman–Crippen MR) is 95.1 cm³/mol. The topological polar surface area (TPSA) is 104 Å². The Morgan fingerprint density at radius 3 is 2.44 bits per heavy atom. The standard InChI is InChI=1S/C19H16N4O4/c24-15-6-3-8-22-11-12(21-17(15)22)10-20-16(25)7-9-23-18(26)13-4-1-2-5-14(13)19(23)27/h1-6,8,11,24H,7,9-10H2,(H,20,25). The molecule has 0 bridgehead atoms. The smallest absolute Gasteiger partial charge is 0.261 e. The van der Waals surface area contributed by atoms with Gasteiger partial charge >= 0.3 is 0 Å². The monoisotopic (exact) mass is 364 g/mol. The van der Waals surface area contributed by atoms with E-state index in [4.69, 9.17) is 0 Å². The molecule has 0 saturated heterocycles. The maximum atomic E-state index is 12.3. The van der Waals surface area contributed by atoms with Gasteiger partial charge in [0.2, 0.25) is 5.91 Å². The molecule has 0 saturated carbocycles. The second-order valence-corrected chi connectivity index (χ2v) is 6.19. The van der Waals surface area contributed by atoms with Gasteiger partial charge in [0, 0.05) is 25.4 Å². The molecule has 0 unspecified atom stereocenters. The molecule has 0 radical (unpaired) electrons. The van der Waals surface area contributed by atoms with Crippen molar-refractivity contribution in [3.8, 4) is 5.75 Å². The van der Waals surface area contributed by atoms with Crippen LogP contribution in [0.1, 0.15) is 32.8 Å². The Morgan fingerprint density at radius 2 is 1.78 bits per heavy atom. The lowest BCUT2D eigenvalue weighted by molar-refractivity contribution is -0.121. The van der Waals surface area contributed by atoms with Gasteiger partial charge in [0.1, 0.15) is 0 Å². The maximum absolute atomic E-state index is 12.3. The van der Waals surface area contributed by atoms with Crippen molar-refractivity contribution in [2.24, 2.45) is 0 Å². The van der Waals surface area contributed by atoms with Crippen LogP contribution in [-0.2, 0) is 11.3 Å². The third-order valence-corrected chi connectivity index (χ3v) is 4.42. The van der Waals surface area contributed by atoms with Gasteiger partial charge in [-0.15, -0.1) is 0 Å². The minimum atomic E-state index is -0.376. The fourth-order valence-electron chi connectivity index (χ4n) is 3.07. The van der Waals surface area contributed by atoms with Gasteiger partial charge in [-0.05, 0) is 24.3 Å². The van der Waals surface area contributed by atoms with E-state index in [1.165, 1.54) is 6.07 Å². The van der Waals surface area contributed by atoms with E-state index < -0.39 is 0 Å². The fourth-order valence-corrected chi connectivity index (χ4v) is 3.07. The number of aromatic nitrogens is 2. The Balaban J connectivity index is 1.34. The number of amides is 3. The van der Waals surface area contributed by atoms with E-state index >= 15 is 0 Å². The second-order valence-electron chi connectivity index (χ2n) is 6.19. The van der Waals surface area contributed by atoms with Crippen molar-refractivity contribution in [3.05, 3.63) is 65.6 Å². The summed E-state index contributed by atoms with van der Waals surface area (Å²) in [6, 6.07) is 9.84. The number of hydrogen-bond donors (Lipinski definition) is 2. The largest absolute Gasteiger partial charge is 0.504 e. The number of imide groups is 1. The number of rotatable bonds is 5. The number of aromatic hydroxyl groups is 1. The molecule has 2 N–H and O–H groups in total. The quantitative estimate of drug-likeness (QED) is 0.665. The zero-order valence-electron chi connectivity index (χ0n) is 14.3. The number of carbonyl (C=O) groups excluding carboxylic acids is 3. The normalized spacial score (nSPS) is 13.3. The van der Waals surface area contributed by atoms with Crippen LogP contribution in [0, 0.1) is 0 Å². The highest BCUT2D eigenvalue weighted by Crippen LogP contribution is 2.22. The van der Waals surface area contributed by atoms with Gasteiger partial charge < -0.3 is 14.8 Å². The van der Waals surface area contributed by atoms with Gasteiger partial charge in [-0.25, -0.2) is 4.98 Å². The summed E-state index contributed by atoms with van der Waals surface area (Å²) in [5, 5.41) is 12.5. The van der Waals surface area contributed by atoms with E-state index in [1.807, 2.05) is 0 Å². The minimum Gasteiger partial charge on any atom is -0.504 e. The molecule has 1 aliphatic rings. The van der Waals surface area contributed by atoms with E-state index in [1.54, 1.807) is 47.1 Å². The fraction of sp³-hybridized carbons (Fsp3) is 0.158.